The zero-order chi connectivity index (χ0) is 19.2. The minimum atomic E-state index is -3.86. The number of nitriles is 2. The van der Waals surface area contributed by atoms with Gasteiger partial charge in [-0.05, 0) is 25.0 Å². The summed E-state index contributed by atoms with van der Waals surface area (Å²) in [7, 11) is -3.86. The Kier molecular flexibility index (Phi) is 6.16. The van der Waals surface area contributed by atoms with Crippen LogP contribution in [0.2, 0.25) is 0 Å². The first-order valence-electron chi connectivity index (χ1n) is 8.10. The van der Waals surface area contributed by atoms with Crippen molar-refractivity contribution in [3.8, 4) is 12.1 Å². The van der Waals surface area contributed by atoms with Crippen LogP contribution in [-0.4, -0.2) is 13.4 Å². The van der Waals surface area contributed by atoms with Gasteiger partial charge in [0.1, 0.15) is 11.9 Å². The molecule has 0 aliphatic heterocycles. The van der Waals surface area contributed by atoms with E-state index in [4.69, 9.17) is 11.0 Å². The van der Waals surface area contributed by atoms with Gasteiger partial charge in [0.15, 0.2) is 0 Å². The van der Waals surface area contributed by atoms with Gasteiger partial charge in [-0.1, -0.05) is 31.5 Å². The van der Waals surface area contributed by atoms with Crippen LogP contribution in [-0.2, 0) is 22.9 Å². The molecule has 0 aliphatic rings. The van der Waals surface area contributed by atoms with Gasteiger partial charge in [0.25, 0.3) is 10.0 Å². The third-order valence-corrected chi connectivity index (χ3v) is 5.19. The van der Waals surface area contributed by atoms with Gasteiger partial charge in [-0.2, -0.15) is 10.5 Å². The van der Waals surface area contributed by atoms with Crippen molar-refractivity contribution < 1.29 is 8.42 Å². The molecule has 0 unspecified atom stereocenters. The van der Waals surface area contributed by atoms with Crippen molar-refractivity contribution in [2.45, 2.75) is 37.5 Å². The lowest BCUT2D eigenvalue weighted by Crippen LogP contribution is -2.18. The lowest BCUT2D eigenvalue weighted by molar-refractivity contribution is 0.601. The van der Waals surface area contributed by atoms with E-state index < -0.39 is 10.0 Å². The second kappa shape index (κ2) is 8.32. The van der Waals surface area contributed by atoms with Gasteiger partial charge in [0, 0.05) is 5.56 Å². The van der Waals surface area contributed by atoms with Gasteiger partial charge in [0.2, 0.25) is 0 Å². The quantitative estimate of drug-likeness (QED) is 0.771. The molecule has 0 atom stereocenters. The van der Waals surface area contributed by atoms with E-state index in [-0.39, 0.29) is 34.1 Å². The van der Waals surface area contributed by atoms with E-state index in [1.807, 2.05) is 19.1 Å². The van der Waals surface area contributed by atoms with Crippen molar-refractivity contribution in [1.29, 1.82) is 10.5 Å². The van der Waals surface area contributed by atoms with Crippen molar-refractivity contribution in [2.24, 2.45) is 0 Å². The lowest BCUT2D eigenvalue weighted by Gasteiger charge is -2.16. The van der Waals surface area contributed by atoms with Crippen LogP contribution < -0.4 is 10.5 Å². The zero-order valence-electron chi connectivity index (χ0n) is 14.4. The van der Waals surface area contributed by atoms with E-state index in [2.05, 4.69) is 9.71 Å². The van der Waals surface area contributed by atoms with Crippen LogP contribution in [0, 0.1) is 22.7 Å². The molecular formula is C18H19N5O2S. The smallest absolute Gasteiger partial charge is 0.263 e. The molecule has 2 aromatic rings. The van der Waals surface area contributed by atoms with Crippen molar-refractivity contribution in [3.63, 3.8) is 0 Å². The Morgan fingerprint density at radius 2 is 1.92 bits per heavy atom. The van der Waals surface area contributed by atoms with E-state index in [0.29, 0.717) is 12.0 Å². The Morgan fingerprint density at radius 1 is 1.23 bits per heavy atom. The Labute approximate surface area is 153 Å². The summed E-state index contributed by atoms with van der Waals surface area (Å²) in [5, 5.41) is 18.3. The molecule has 0 bridgehead atoms. The molecule has 2 rings (SSSR count). The van der Waals surface area contributed by atoms with Gasteiger partial charge < -0.3 is 5.73 Å². The van der Waals surface area contributed by atoms with Crippen molar-refractivity contribution in [1.82, 2.24) is 4.98 Å². The summed E-state index contributed by atoms with van der Waals surface area (Å²) < 4.78 is 27.7. The Balaban J connectivity index is 2.59. The Morgan fingerprint density at radius 3 is 2.50 bits per heavy atom. The molecule has 1 heterocycles. The Bertz CT molecular complexity index is 973. The molecule has 0 amide bonds. The van der Waals surface area contributed by atoms with Gasteiger partial charge in [-0.15, -0.1) is 0 Å². The molecule has 8 heteroatoms. The van der Waals surface area contributed by atoms with E-state index in [1.54, 1.807) is 18.2 Å². The SMILES string of the molecule is CCCCc1c(NS(=O)(=O)c2ccccc2)nc(CC#N)c(C#N)c1N. The number of rotatable bonds is 7. The largest absolute Gasteiger partial charge is 0.397 e. The number of unbranched alkanes of at least 4 members (excludes halogenated alkanes) is 1. The fraction of sp³-hybridized carbons (Fsp3) is 0.278. The first-order chi connectivity index (χ1) is 12.4. The van der Waals surface area contributed by atoms with Crippen LogP contribution in [0.5, 0.6) is 0 Å². The van der Waals surface area contributed by atoms with Gasteiger partial charge in [0.05, 0.1) is 34.3 Å². The second-order valence-corrected chi connectivity index (χ2v) is 7.33. The number of hydrogen-bond acceptors (Lipinski definition) is 6. The molecule has 0 radical (unpaired) electrons. The van der Waals surface area contributed by atoms with Crippen molar-refractivity contribution in [3.05, 3.63) is 47.2 Å². The number of anilines is 2. The van der Waals surface area contributed by atoms with Crippen LogP contribution in [0.25, 0.3) is 0 Å². The summed E-state index contributed by atoms with van der Waals surface area (Å²) in [4.78, 5) is 4.33. The van der Waals surface area contributed by atoms with Crippen molar-refractivity contribution in [2.75, 3.05) is 10.5 Å². The molecule has 0 spiro atoms. The predicted octanol–water partition coefficient (Wildman–Crippen LogP) is 2.74. The molecular weight excluding hydrogens is 350 g/mol. The summed E-state index contributed by atoms with van der Waals surface area (Å²) in [6.45, 7) is 1.99. The number of pyridine rings is 1. The molecule has 1 aromatic heterocycles. The average molecular weight is 369 g/mol. The summed E-state index contributed by atoms with van der Waals surface area (Å²) in [6, 6.07) is 11.8. The molecule has 134 valence electrons. The first-order valence-corrected chi connectivity index (χ1v) is 9.59. The number of nitrogens with zero attached hydrogens (tertiary/aromatic N) is 3. The maximum absolute atomic E-state index is 12.6. The summed E-state index contributed by atoms with van der Waals surface area (Å²) in [6.07, 6.45) is 1.96. The van der Waals surface area contributed by atoms with Crippen LogP contribution in [0.15, 0.2) is 35.2 Å². The number of nitrogen functional groups attached to an aromatic ring is 1. The fourth-order valence-corrected chi connectivity index (χ4v) is 3.55. The molecule has 0 saturated carbocycles. The van der Waals surface area contributed by atoms with E-state index >= 15 is 0 Å². The second-order valence-electron chi connectivity index (χ2n) is 5.64. The monoisotopic (exact) mass is 369 g/mol. The molecule has 0 fully saturated rings. The number of hydrogen-bond donors (Lipinski definition) is 2. The van der Waals surface area contributed by atoms with Gasteiger partial charge in [-0.25, -0.2) is 13.4 Å². The van der Waals surface area contributed by atoms with Crippen molar-refractivity contribution >= 4 is 21.5 Å². The van der Waals surface area contributed by atoms with Crippen LogP contribution >= 0.6 is 0 Å². The normalized spacial score (nSPS) is 10.7. The third-order valence-electron chi connectivity index (χ3n) is 3.84. The van der Waals surface area contributed by atoms with E-state index in [0.717, 1.165) is 12.8 Å². The Hall–Kier alpha value is -3.10. The number of benzene rings is 1. The average Bonchev–Trinajstić information content (AvgIpc) is 2.62. The summed E-state index contributed by atoms with van der Waals surface area (Å²) in [5.74, 6) is 0.0732. The third kappa shape index (κ3) is 4.11. The molecule has 3 N–H and O–H groups in total. The highest BCUT2D eigenvalue weighted by atomic mass is 32.2. The van der Waals surface area contributed by atoms with E-state index in [1.165, 1.54) is 12.1 Å². The molecule has 1 aromatic carbocycles. The maximum atomic E-state index is 12.6. The minimum Gasteiger partial charge on any atom is -0.397 e. The van der Waals surface area contributed by atoms with E-state index in [9.17, 15) is 13.7 Å². The fourth-order valence-electron chi connectivity index (χ4n) is 2.50. The maximum Gasteiger partial charge on any atom is 0.263 e. The molecule has 26 heavy (non-hydrogen) atoms. The van der Waals surface area contributed by atoms with Gasteiger partial charge >= 0.3 is 0 Å². The lowest BCUT2D eigenvalue weighted by atomic mass is 10.0. The topological polar surface area (TPSA) is 133 Å². The number of aromatic nitrogens is 1. The van der Waals surface area contributed by atoms with Crippen LogP contribution in [0.3, 0.4) is 0 Å². The number of nitrogens with two attached hydrogens (primary N) is 1. The first kappa shape index (κ1) is 19.2. The predicted molar refractivity (Wildman–Crippen MR) is 98.5 cm³/mol. The minimum absolute atomic E-state index is 0.0732. The van der Waals surface area contributed by atoms with Gasteiger partial charge in [-0.3, -0.25) is 4.72 Å². The van der Waals surface area contributed by atoms with Crippen LogP contribution in [0.1, 0.15) is 36.6 Å². The highest BCUT2D eigenvalue weighted by molar-refractivity contribution is 7.92. The molecule has 0 aliphatic carbocycles. The summed E-state index contributed by atoms with van der Waals surface area (Å²) >= 11 is 0. The number of sulfonamides is 1. The van der Waals surface area contributed by atoms with Crippen LogP contribution in [0.4, 0.5) is 11.5 Å². The number of nitrogens with one attached hydrogen (secondary N) is 1. The highest BCUT2D eigenvalue weighted by Gasteiger charge is 2.22. The molecule has 7 nitrogen and oxygen atoms in total. The molecule has 0 saturated heterocycles. The zero-order valence-corrected chi connectivity index (χ0v) is 15.2. The summed E-state index contributed by atoms with van der Waals surface area (Å²) in [5.41, 5.74) is 7.06. The highest BCUT2D eigenvalue weighted by Crippen LogP contribution is 2.30. The standard InChI is InChI=1S/C18H19N5O2S/c1-2-3-9-14-17(21)15(12-20)16(10-11-19)22-18(14)23-26(24,25)13-7-5-4-6-8-13/h4-8H,2-3,9-10H2,1H3,(H3,21,22,23).